The molecule has 1 aromatic rings. The second kappa shape index (κ2) is 3.64. The van der Waals surface area contributed by atoms with Gasteiger partial charge in [0.2, 0.25) is 0 Å². The van der Waals surface area contributed by atoms with Gasteiger partial charge in [0.15, 0.2) is 0 Å². The van der Waals surface area contributed by atoms with Gasteiger partial charge in [0.25, 0.3) is 0 Å². The highest BCUT2D eigenvalue weighted by Gasteiger charge is 2.04. The molecular weight excluding hydrogens is 184 g/mol. The molecule has 58 valence electrons. The molecule has 0 heterocycles. The summed E-state index contributed by atoms with van der Waals surface area (Å²) in [5, 5.41) is 0. The number of hydrogen-bond acceptors (Lipinski definition) is 3. The van der Waals surface area contributed by atoms with Crippen molar-refractivity contribution in [2.45, 2.75) is 4.90 Å². The molecule has 0 atom stereocenters. The highest BCUT2D eigenvalue weighted by atomic mass is 35.5. The van der Waals surface area contributed by atoms with E-state index in [1.54, 1.807) is 24.3 Å². The first-order valence-corrected chi connectivity index (χ1v) is 3.61. The van der Waals surface area contributed by atoms with E-state index >= 15 is 0 Å². The number of rotatable bonds is 1. The van der Waals surface area contributed by atoms with Crippen LogP contribution >= 0.6 is 24.5 Å². The third kappa shape index (κ3) is 2.13. The molecule has 0 N–H and O–H groups in total. The van der Waals surface area contributed by atoms with E-state index in [0.717, 1.165) is 0 Å². The van der Waals surface area contributed by atoms with E-state index in [9.17, 15) is 4.79 Å². The average molecular weight is 189 g/mol. The van der Waals surface area contributed by atoms with Crippen LogP contribution < -0.4 is 0 Å². The van der Waals surface area contributed by atoms with Crippen LogP contribution in [0.15, 0.2) is 29.2 Å². The average Bonchev–Trinajstić information content (AvgIpc) is 2.03. The summed E-state index contributed by atoms with van der Waals surface area (Å²) in [4.78, 5) is 11.5. The highest BCUT2D eigenvalue weighted by Crippen LogP contribution is 2.10. The summed E-state index contributed by atoms with van der Waals surface area (Å²) in [6.07, 6.45) is 0. The Morgan fingerprint density at radius 1 is 1.55 bits per heavy atom. The topological polar surface area (TPSA) is 26.3 Å². The van der Waals surface area contributed by atoms with Gasteiger partial charge in [0.1, 0.15) is 11.9 Å². The predicted molar refractivity (Wildman–Crippen MR) is 45.0 cm³/mol. The van der Waals surface area contributed by atoms with Crippen molar-refractivity contribution in [2.24, 2.45) is 0 Å². The number of thiol groups is 1. The fraction of sp³-hybridized carbons (Fsp3) is 0. The predicted octanol–water partition coefficient (Wildman–Crippen LogP) is 2.29. The van der Waals surface area contributed by atoms with Crippen molar-refractivity contribution in [2.75, 3.05) is 0 Å². The lowest BCUT2D eigenvalue weighted by Crippen LogP contribution is -1.96. The van der Waals surface area contributed by atoms with Gasteiger partial charge < -0.3 is 4.29 Å². The zero-order chi connectivity index (χ0) is 8.27. The number of carbonyl (C=O) groups is 1. The standard InChI is InChI=1S/C7H5ClO2S/c8-10-7(9)5-2-1-3-6(11)4-5/h1-4,11H. The van der Waals surface area contributed by atoms with Gasteiger partial charge in [-0.05, 0) is 18.2 Å². The Morgan fingerprint density at radius 3 is 2.82 bits per heavy atom. The molecule has 11 heavy (non-hydrogen) atoms. The molecule has 0 fully saturated rings. The lowest BCUT2D eigenvalue weighted by Gasteiger charge is -1.95. The normalized spacial score (nSPS) is 9.27. The Hall–Kier alpha value is -0.670. The molecule has 0 radical (unpaired) electrons. The maximum absolute atomic E-state index is 10.8. The number of hydrogen-bond donors (Lipinski definition) is 1. The second-order valence-electron chi connectivity index (χ2n) is 1.91. The van der Waals surface area contributed by atoms with Gasteiger partial charge in [-0.3, -0.25) is 0 Å². The van der Waals surface area contributed by atoms with Crippen molar-refractivity contribution in [1.29, 1.82) is 0 Å². The summed E-state index contributed by atoms with van der Waals surface area (Å²) in [7, 11) is 0. The van der Waals surface area contributed by atoms with Crippen LogP contribution in [-0.4, -0.2) is 5.97 Å². The zero-order valence-electron chi connectivity index (χ0n) is 5.45. The van der Waals surface area contributed by atoms with E-state index in [4.69, 9.17) is 11.9 Å². The molecule has 0 aromatic heterocycles. The van der Waals surface area contributed by atoms with Gasteiger partial charge in [-0.2, -0.15) is 0 Å². The first-order chi connectivity index (χ1) is 5.24. The van der Waals surface area contributed by atoms with Gasteiger partial charge >= 0.3 is 5.97 Å². The Kier molecular flexibility index (Phi) is 2.79. The molecule has 0 aliphatic rings. The maximum Gasteiger partial charge on any atom is 0.356 e. The summed E-state index contributed by atoms with van der Waals surface area (Å²) in [5.74, 6) is -0.567. The number of benzene rings is 1. The van der Waals surface area contributed by atoms with Crippen LogP contribution in [0.4, 0.5) is 0 Å². The Bertz CT molecular complexity index is 275. The van der Waals surface area contributed by atoms with Crippen LogP contribution in [-0.2, 0) is 4.29 Å². The molecule has 1 aromatic carbocycles. The minimum Gasteiger partial charge on any atom is -0.343 e. The fourth-order valence-electron chi connectivity index (χ4n) is 0.677. The minimum absolute atomic E-state index is 0.396. The summed E-state index contributed by atoms with van der Waals surface area (Å²) in [5.41, 5.74) is 0.396. The van der Waals surface area contributed by atoms with Crippen molar-refractivity contribution < 1.29 is 9.08 Å². The monoisotopic (exact) mass is 188 g/mol. The van der Waals surface area contributed by atoms with Crippen molar-refractivity contribution in [3.05, 3.63) is 29.8 Å². The minimum atomic E-state index is -0.567. The van der Waals surface area contributed by atoms with Crippen LogP contribution in [0, 0.1) is 0 Å². The molecule has 4 heteroatoms. The van der Waals surface area contributed by atoms with Crippen LogP contribution in [0.3, 0.4) is 0 Å². The van der Waals surface area contributed by atoms with Gasteiger partial charge in [-0.15, -0.1) is 12.6 Å². The van der Waals surface area contributed by atoms with E-state index in [0.29, 0.717) is 10.5 Å². The fourth-order valence-corrected chi connectivity index (χ4v) is 0.992. The Labute approximate surface area is 74.7 Å². The highest BCUT2D eigenvalue weighted by molar-refractivity contribution is 7.80. The van der Waals surface area contributed by atoms with E-state index in [1.165, 1.54) is 0 Å². The van der Waals surface area contributed by atoms with Crippen LogP contribution in [0.1, 0.15) is 10.4 Å². The summed E-state index contributed by atoms with van der Waals surface area (Å²) in [6.45, 7) is 0. The van der Waals surface area contributed by atoms with E-state index in [1.807, 2.05) is 0 Å². The smallest absolute Gasteiger partial charge is 0.343 e. The largest absolute Gasteiger partial charge is 0.356 e. The Balaban J connectivity index is 2.96. The first kappa shape index (κ1) is 8.43. The Morgan fingerprint density at radius 2 is 2.27 bits per heavy atom. The first-order valence-electron chi connectivity index (χ1n) is 2.86. The molecule has 0 bridgehead atoms. The van der Waals surface area contributed by atoms with Crippen LogP contribution in [0.25, 0.3) is 0 Å². The van der Waals surface area contributed by atoms with E-state index in [-0.39, 0.29) is 0 Å². The van der Waals surface area contributed by atoms with E-state index in [2.05, 4.69) is 16.9 Å². The summed E-state index contributed by atoms with van der Waals surface area (Å²) >= 11 is 8.90. The molecule has 0 aliphatic carbocycles. The lowest BCUT2D eigenvalue weighted by molar-refractivity contribution is 0.0751. The van der Waals surface area contributed by atoms with Gasteiger partial charge in [-0.25, -0.2) is 4.79 Å². The third-order valence-electron chi connectivity index (χ3n) is 1.15. The second-order valence-corrected chi connectivity index (χ2v) is 2.59. The summed E-state index contributed by atoms with van der Waals surface area (Å²) < 4.78 is 3.99. The summed E-state index contributed by atoms with van der Waals surface area (Å²) in [6, 6.07) is 6.64. The molecule has 0 saturated heterocycles. The number of halogens is 1. The van der Waals surface area contributed by atoms with Gasteiger partial charge in [-0.1, -0.05) is 6.07 Å². The number of carbonyl (C=O) groups excluding carboxylic acids is 1. The molecule has 0 aliphatic heterocycles. The van der Waals surface area contributed by atoms with Crippen molar-refractivity contribution in [1.82, 2.24) is 0 Å². The quantitative estimate of drug-likeness (QED) is 0.685. The van der Waals surface area contributed by atoms with E-state index < -0.39 is 5.97 Å². The zero-order valence-corrected chi connectivity index (χ0v) is 7.10. The van der Waals surface area contributed by atoms with Crippen LogP contribution in [0.2, 0.25) is 0 Å². The van der Waals surface area contributed by atoms with Crippen molar-refractivity contribution in [3.63, 3.8) is 0 Å². The molecule has 0 spiro atoms. The molecule has 0 amide bonds. The van der Waals surface area contributed by atoms with Crippen molar-refractivity contribution in [3.8, 4) is 0 Å². The molecule has 0 saturated carbocycles. The van der Waals surface area contributed by atoms with Gasteiger partial charge in [0, 0.05) is 4.90 Å². The molecule has 0 unspecified atom stereocenters. The maximum atomic E-state index is 10.8. The van der Waals surface area contributed by atoms with Crippen molar-refractivity contribution >= 4 is 30.5 Å². The molecular formula is C7H5ClO2S. The SMILES string of the molecule is O=C(OCl)c1cccc(S)c1. The molecule has 2 nitrogen and oxygen atoms in total. The third-order valence-corrected chi connectivity index (χ3v) is 1.57. The van der Waals surface area contributed by atoms with Crippen LogP contribution in [0.5, 0.6) is 0 Å². The lowest BCUT2D eigenvalue weighted by atomic mass is 10.2. The molecule has 1 rings (SSSR count). The van der Waals surface area contributed by atoms with Gasteiger partial charge in [0.05, 0.1) is 5.56 Å².